The summed E-state index contributed by atoms with van der Waals surface area (Å²) in [5, 5.41) is 12.0. The Morgan fingerprint density at radius 1 is 1.11 bits per heavy atom. The van der Waals surface area contributed by atoms with Crippen LogP contribution in [0.5, 0.6) is 5.75 Å². The van der Waals surface area contributed by atoms with Crippen molar-refractivity contribution < 1.29 is 9.84 Å². The Bertz CT molecular complexity index is 769. The van der Waals surface area contributed by atoms with Gasteiger partial charge in [-0.25, -0.2) is 0 Å². The van der Waals surface area contributed by atoms with Gasteiger partial charge in [0.2, 0.25) is 0 Å². The summed E-state index contributed by atoms with van der Waals surface area (Å²) in [4.78, 5) is 2.18. The molecule has 144 valence electrons. The number of aliphatic hydroxyl groups is 1. The zero-order chi connectivity index (χ0) is 19.3. The second kappa shape index (κ2) is 8.73. The van der Waals surface area contributed by atoms with Gasteiger partial charge in [0.25, 0.3) is 0 Å². The fraction of sp³-hybridized carbons (Fsp3) is 0.417. The van der Waals surface area contributed by atoms with Gasteiger partial charge < -0.3 is 14.7 Å². The molecule has 0 spiro atoms. The van der Waals surface area contributed by atoms with Gasteiger partial charge in [0.1, 0.15) is 5.75 Å². The summed E-state index contributed by atoms with van der Waals surface area (Å²) in [6, 6.07) is 18.4. The monoisotopic (exact) mass is 365 g/mol. The van der Waals surface area contributed by atoms with E-state index in [9.17, 15) is 5.11 Å². The van der Waals surface area contributed by atoms with Crippen LogP contribution >= 0.6 is 0 Å². The molecule has 3 heteroatoms. The molecule has 1 aliphatic carbocycles. The second-order valence-corrected chi connectivity index (χ2v) is 7.84. The minimum Gasteiger partial charge on any atom is -0.496 e. The molecule has 0 amide bonds. The van der Waals surface area contributed by atoms with Gasteiger partial charge in [-0.1, -0.05) is 54.6 Å². The Kier molecular flexibility index (Phi) is 6.35. The SMILES string of the molecule is COc1ccccc1CC1(O)/C(=C/c2ccccc2)CCCC1CN(C)C. The molecule has 1 saturated carbocycles. The molecule has 0 aromatic heterocycles. The molecule has 2 aromatic rings. The van der Waals surface area contributed by atoms with Crippen LogP contribution < -0.4 is 4.74 Å². The molecule has 1 N–H and O–H groups in total. The van der Waals surface area contributed by atoms with E-state index >= 15 is 0 Å². The molecule has 0 aliphatic heterocycles. The first-order valence-electron chi connectivity index (χ1n) is 9.78. The zero-order valence-corrected chi connectivity index (χ0v) is 16.7. The van der Waals surface area contributed by atoms with Gasteiger partial charge in [-0.05, 0) is 56.1 Å². The molecule has 0 saturated heterocycles. The Hall–Kier alpha value is -2.10. The van der Waals surface area contributed by atoms with E-state index in [0.29, 0.717) is 6.42 Å². The Morgan fingerprint density at radius 2 is 1.81 bits per heavy atom. The van der Waals surface area contributed by atoms with E-state index in [2.05, 4.69) is 43.3 Å². The number of rotatable bonds is 6. The first kappa shape index (κ1) is 19.7. The van der Waals surface area contributed by atoms with E-state index in [1.54, 1.807) is 7.11 Å². The summed E-state index contributed by atoms with van der Waals surface area (Å²) in [5.74, 6) is 1.04. The van der Waals surface area contributed by atoms with Gasteiger partial charge >= 0.3 is 0 Å². The Labute approximate surface area is 163 Å². The molecule has 27 heavy (non-hydrogen) atoms. The van der Waals surface area contributed by atoms with Crippen molar-refractivity contribution in [2.75, 3.05) is 27.7 Å². The number of nitrogens with zero attached hydrogens (tertiary/aromatic N) is 1. The van der Waals surface area contributed by atoms with Crippen molar-refractivity contribution in [3.05, 3.63) is 71.3 Å². The smallest absolute Gasteiger partial charge is 0.122 e. The lowest BCUT2D eigenvalue weighted by Crippen LogP contribution is -2.48. The summed E-state index contributed by atoms with van der Waals surface area (Å²) in [5.41, 5.74) is 2.48. The van der Waals surface area contributed by atoms with Crippen molar-refractivity contribution in [3.8, 4) is 5.75 Å². The molecule has 2 atom stereocenters. The van der Waals surface area contributed by atoms with Crippen LogP contribution in [0.1, 0.15) is 30.4 Å². The maximum Gasteiger partial charge on any atom is 0.122 e. The lowest BCUT2D eigenvalue weighted by atomic mass is 9.68. The second-order valence-electron chi connectivity index (χ2n) is 7.84. The van der Waals surface area contributed by atoms with Crippen molar-refractivity contribution >= 4 is 6.08 Å². The fourth-order valence-corrected chi connectivity index (χ4v) is 4.28. The highest BCUT2D eigenvalue weighted by atomic mass is 16.5. The molecular weight excluding hydrogens is 334 g/mol. The topological polar surface area (TPSA) is 32.7 Å². The van der Waals surface area contributed by atoms with Gasteiger partial charge in [-0.15, -0.1) is 0 Å². The molecular formula is C24H31NO2. The molecule has 3 nitrogen and oxygen atoms in total. The van der Waals surface area contributed by atoms with Crippen LogP contribution in [-0.2, 0) is 6.42 Å². The van der Waals surface area contributed by atoms with Crippen LogP contribution in [-0.4, -0.2) is 43.4 Å². The van der Waals surface area contributed by atoms with E-state index in [1.165, 1.54) is 0 Å². The van der Waals surface area contributed by atoms with Gasteiger partial charge in [0.05, 0.1) is 12.7 Å². The summed E-state index contributed by atoms with van der Waals surface area (Å²) < 4.78 is 5.56. The molecule has 1 fully saturated rings. The van der Waals surface area contributed by atoms with Gasteiger partial charge in [-0.3, -0.25) is 0 Å². The van der Waals surface area contributed by atoms with Crippen LogP contribution in [0, 0.1) is 5.92 Å². The quantitative estimate of drug-likeness (QED) is 0.823. The number of hydrogen-bond donors (Lipinski definition) is 1. The summed E-state index contributed by atoms with van der Waals surface area (Å²) >= 11 is 0. The van der Waals surface area contributed by atoms with Gasteiger partial charge in [-0.2, -0.15) is 0 Å². The van der Waals surface area contributed by atoms with Crippen molar-refractivity contribution in [1.29, 1.82) is 0 Å². The number of hydrogen-bond acceptors (Lipinski definition) is 3. The Balaban J connectivity index is 2.01. The van der Waals surface area contributed by atoms with Crippen molar-refractivity contribution in [2.24, 2.45) is 5.92 Å². The first-order valence-corrected chi connectivity index (χ1v) is 9.78. The van der Waals surface area contributed by atoms with Crippen molar-refractivity contribution in [2.45, 2.75) is 31.3 Å². The molecule has 0 radical (unpaired) electrons. The summed E-state index contributed by atoms with van der Waals surface area (Å²) in [6.07, 6.45) is 5.86. The number of methoxy groups -OCH3 is 1. The van der Waals surface area contributed by atoms with E-state index in [0.717, 1.165) is 48.3 Å². The van der Waals surface area contributed by atoms with Crippen LogP contribution in [0.4, 0.5) is 0 Å². The molecule has 2 aromatic carbocycles. The lowest BCUT2D eigenvalue weighted by Gasteiger charge is -2.44. The maximum absolute atomic E-state index is 12.0. The summed E-state index contributed by atoms with van der Waals surface area (Å²) in [6.45, 7) is 0.873. The van der Waals surface area contributed by atoms with Crippen LogP contribution in [0.25, 0.3) is 6.08 Å². The number of para-hydroxylation sites is 1. The largest absolute Gasteiger partial charge is 0.496 e. The van der Waals surface area contributed by atoms with E-state index < -0.39 is 5.60 Å². The number of benzene rings is 2. The molecule has 1 aliphatic rings. The average molecular weight is 366 g/mol. The highest BCUT2D eigenvalue weighted by Crippen LogP contribution is 2.42. The van der Waals surface area contributed by atoms with Crippen LogP contribution in [0.2, 0.25) is 0 Å². The highest BCUT2D eigenvalue weighted by Gasteiger charge is 2.43. The number of ether oxygens (including phenoxy) is 1. The van der Waals surface area contributed by atoms with Crippen LogP contribution in [0.3, 0.4) is 0 Å². The Morgan fingerprint density at radius 3 is 2.52 bits per heavy atom. The standard InChI is InChI=1S/C24H31NO2/c1-25(2)18-22-14-9-13-21(16-19-10-5-4-6-11-19)24(22,26)17-20-12-7-8-15-23(20)27-3/h4-8,10-12,15-16,22,26H,9,13-14,17-18H2,1-3H3/b21-16+. The van der Waals surface area contributed by atoms with Crippen molar-refractivity contribution in [1.82, 2.24) is 4.90 Å². The van der Waals surface area contributed by atoms with Gasteiger partial charge in [0.15, 0.2) is 0 Å². The predicted octanol–water partition coefficient (Wildman–Crippen LogP) is 4.41. The predicted molar refractivity (Wildman–Crippen MR) is 112 cm³/mol. The van der Waals surface area contributed by atoms with E-state index in [-0.39, 0.29) is 5.92 Å². The third-order valence-corrected chi connectivity index (χ3v) is 5.61. The van der Waals surface area contributed by atoms with E-state index in [4.69, 9.17) is 4.74 Å². The lowest BCUT2D eigenvalue weighted by molar-refractivity contribution is -0.0126. The third kappa shape index (κ3) is 4.60. The van der Waals surface area contributed by atoms with Gasteiger partial charge in [0, 0.05) is 18.9 Å². The molecule has 0 heterocycles. The van der Waals surface area contributed by atoms with E-state index in [1.807, 2.05) is 36.4 Å². The third-order valence-electron chi connectivity index (χ3n) is 5.61. The highest BCUT2D eigenvalue weighted by molar-refractivity contribution is 5.56. The van der Waals surface area contributed by atoms with Crippen LogP contribution in [0.15, 0.2) is 60.2 Å². The fourth-order valence-electron chi connectivity index (χ4n) is 4.28. The molecule has 2 unspecified atom stereocenters. The average Bonchev–Trinajstić information content (AvgIpc) is 2.66. The minimum atomic E-state index is -0.868. The minimum absolute atomic E-state index is 0.195. The summed E-state index contributed by atoms with van der Waals surface area (Å²) in [7, 11) is 5.86. The first-order chi connectivity index (χ1) is 13.0. The molecule has 0 bridgehead atoms. The normalized spacial score (nSPS) is 24.3. The zero-order valence-electron chi connectivity index (χ0n) is 16.7. The van der Waals surface area contributed by atoms with Crippen molar-refractivity contribution in [3.63, 3.8) is 0 Å². The maximum atomic E-state index is 12.0. The molecule has 3 rings (SSSR count).